The van der Waals surface area contributed by atoms with Gasteiger partial charge in [0, 0.05) is 26.5 Å². The van der Waals surface area contributed by atoms with Crippen molar-refractivity contribution in [2.45, 2.75) is 6.42 Å². The van der Waals surface area contributed by atoms with Crippen molar-refractivity contribution in [1.29, 1.82) is 0 Å². The summed E-state index contributed by atoms with van der Waals surface area (Å²) in [7, 11) is 2.78. The van der Waals surface area contributed by atoms with E-state index in [0.29, 0.717) is 12.3 Å². The zero-order valence-corrected chi connectivity index (χ0v) is 10.4. The molecule has 0 aromatic rings. The second-order valence-electron chi connectivity index (χ2n) is 2.54. The molecule has 0 amide bonds. The van der Waals surface area contributed by atoms with Gasteiger partial charge < -0.3 is 20.1 Å². The summed E-state index contributed by atoms with van der Waals surface area (Å²) < 4.78 is 21.0. The van der Waals surface area contributed by atoms with Crippen molar-refractivity contribution in [3.8, 4) is 0 Å². The third-order valence-corrected chi connectivity index (χ3v) is 5.52. The van der Waals surface area contributed by atoms with Crippen LogP contribution in [0.1, 0.15) is 6.42 Å². The summed E-state index contributed by atoms with van der Waals surface area (Å²) in [6.07, 6.45) is 0.955. The molecular weight excluding hydrogens is 223 g/mol. The number of rotatable bonds is 9. The van der Waals surface area contributed by atoms with Crippen LogP contribution in [0.4, 0.5) is 0 Å². The largest absolute Gasteiger partial charge is 0.388 e. The van der Waals surface area contributed by atoms with Gasteiger partial charge in [-0.1, -0.05) is 0 Å². The lowest BCUT2D eigenvalue weighted by Crippen LogP contribution is -2.20. The van der Waals surface area contributed by atoms with Crippen LogP contribution in [0.5, 0.6) is 0 Å². The lowest BCUT2D eigenvalue weighted by atomic mass is 10.4. The van der Waals surface area contributed by atoms with Crippen LogP contribution in [0, 0.1) is 0 Å². The predicted octanol–water partition coefficient (Wildman–Crippen LogP) is 1.06. The van der Waals surface area contributed by atoms with Gasteiger partial charge in [0.25, 0.3) is 0 Å². The highest BCUT2D eigenvalue weighted by molar-refractivity contribution is 8.55. The van der Waals surface area contributed by atoms with Crippen LogP contribution in [-0.2, 0) is 13.6 Å². The van der Waals surface area contributed by atoms with E-state index in [1.807, 2.05) is 0 Å². The van der Waals surface area contributed by atoms with Gasteiger partial charge in [-0.25, -0.2) is 4.57 Å². The molecule has 0 aliphatic carbocycles. The van der Waals surface area contributed by atoms with Gasteiger partial charge in [0.15, 0.2) is 0 Å². The average Bonchev–Trinajstić information content (AvgIpc) is 2.23. The van der Waals surface area contributed by atoms with Gasteiger partial charge in [0.05, 0.1) is 0 Å². The quantitative estimate of drug-likeness (QED) is 0.465. The van der Waals surface area contributed by atoms with Crippen LogP contribution in [0.3, 0.4) is 0 Å². The van der Waals surface area contributed by atoms with Crippen molar-refractivity contribution >= 4 is 18.2 Å². The molecule has 3 N–H and O–H groups in total. The van der Waals surface area contributed by atoms with E-state index in [4.69, 9.17) is 14.8 Å². The Labute approximate surface area is 89.4 Å². The van der Waals surface area contributed by atoms with E-state index in [1.54, 1.807) is 0 Å². The van der Waals surface area contributed by atoms with Gasteiger partial charge >= 0.3 is 6.80 Å². The topological polar surface area (TPSA) is 73.6 Å². The van der Waals surface area contributed by atoms with E-state index in [-0.39, 0.29) is 0 Å². The molecule has 14 heavy (non-hydrogen) atoms. The predicted molar refractivity (Wildman–Crippen MR) is 60.6 cm³/mol. The van der Waals surface area contributed by atoms with Crippen molar-refractivity contribution in [3.05, 3.63) is 0 Å². The highest BCUT2D eigenvalue weighted by Crippen LogP contribution is 2.58. The SMILES string of the molecule is COP(=O)(OC)SCCNCCCN. The molecule has 86 valence electrons. The molecule has 7 heteroatoms. The zero-order valence-electron chi connectivity index (χ0n) is 8.69. The molecule has 0 bridgehead atoms. The number of hydrogen-bond donors (Lipinski definition) is 2. The lowest BCUT2D eigenvalue weighted by molar-refractivity contribution is 0.295. The van der Waals surface area contributed by atoms with Gasteiger partial charge in [-0.15, -0.1) is 0 Å². The summed E-state index contributed by atoms with van der Waals surface area (Å²) in [4.78, 5) is 0. The van der Waals surface area contributed by atoms with E-state index in [1.165, 1.54) is 25.6 Å². The molecule has 0 saturated heterocycles. The summed E-state index contributed by atoms with van der Waals surface area (Å²) >= 11 is 1.20. The summed E-state index contributed by atoms with van der Waals surface area (Å²) in [6, 6.07) is 0. The van der Waals surface area contributed by atoms with Crippen molar-refractivity contribution in [2.24, 2.45) is 5.73 Å². The molecule has 0 heterocycles. The van der Waals surface area contributed by atoms with Crippen LogP contribution in [0.15, 0.2) is 0 Å². The normalized spacial score (nSPS) is 11.9. The first kappa shape index (κ1) is 14.4. The lowest BCUT2D eigenvalue weighted by Gasteiger charge is -2.12. The first-order valence-corrected chi connectivity index (χ1v) is 7.58. The highest BCUT2D eigenvalue weighted by atomic mass is 32.7. The second kappa shape index (κ2) is 8.71. The standard InChI is InChI=1S/C7H19N2O3PS/c1-11-13(10,12-2)14-7-6-9-5-3-4-8/h9H,3-8H2,1-2H3. The monoisotopic (exact) mass is 242 g/mol. The first-order chi connectivity index (χ1) is 6.68. The maximum Gasteiger partial charge on any atom is 0.388 e. The summed E-state index contributed by atoms with van der Waals surface area (Å²) in [5.41, 5.74) is 5.33. The third kappa shape index (κ3) is 6.81. The third-order valence-electron chi connectivity index (χ3n) is 1.53. The summed E-state index contributed by atoms with van der Waals surface area (Å²) in [5, 5.41) is 3.17. The van der Waals surface area contributed by atoms with E-state index >= 15 is 0 Å². The Morgan fingerprint density at radius 3 is 2.50 bits per heavy atom. The average molecular weight is 242 g/mol. The molecule has 0 rings (SSSR count). The Morgan fingerprint density at radius 1 is 1.36 bits per heavy atom. The van der Waals surface area contributed by atoms with Gasteiger partial charge in [-0.3, -0.25) is 0 Å². The van der Waals surface area contributed by atoms with Crippen molar-refractivity contribution in [3.63, 3.8) is 0 Å². The number of nitrogens with one attached hydrogen (secondary N) is 1. The Morgan fingerprint density at radius 2 is 2.00 bits per heavy atom. The maximum absolute atomic E-state index is 11.5. The molecule has 0 aromatic heterocycles. The summed E-state index contributed by atoms with van der Waals surface area (Å²) in [5.74, 6) is 0.698. The molecule has 0 aliphatic heterocycles. The van der Waals surface area contributed by atoms with Crippen LogP contribution in [-0.4, -0.2) is 39.6 Å². The fourth-order valence-corrected chi connectivity index (χ4v) is 3.16. The Balaban J connectivity index is 3.39. The van der Waals surface area contributed by atoms with E-state index in [9.17, 15) is 4.57 Å². The summed E-state index contributed by atoms with van der Waals surface area (Å²) in [6.45, 7) is -0.526. The fraction of sp³-hybridized carbons (Fsp3) is 1.00. The second-order valence-corrected chi connectivity index (χ2v) is 6.95. The van der Waals surface area contributed by atoms with E-state index in [0.717, 1.165) is 19.5 Å². The Hall–Kier alpha value is 0.420. The molecule has 0 fully saturated rings. The number of hydrogen-bond acceptors (Lipinski definition) is 6. The molecular formula is C7H19N2O3PS. The Kier molecular flexibility index (Phi) is 8.97. The molecule has 0 spiro atoms. The van der Waals surface area contributed by atoms with Crippen molar-refractivity contribution in [2.75, 3.05) is 39.6 Å². The molecule has 0 aliphatic rings. The van der Waals surface area contributed by atoms with E-state index < -0.39 is 6.80 Å². The molecule has 0 unspecified atom stereocenters. The van der Waals surface area contributed by atoms with Crippen LogP contribution in [0.2, 0.25) is 0 Å². The molecule has 0 aromatic carbocycles. The van der Waals surface area contributed by atoms with Gasteiger partial charge in [0.2, 0.25) is 0 Å². The maximum atomic E-state index is 11.5. The van der Waals surface area contributed by atoms with Crippen LogP contribution >= 0.6 is 18.2 Å². The van der Waals surface area contributed by atoms with Crippen molar-refractivity contribution < 1.29 is 13.6 Å². The molecule has 0 saturated carbocycles. The zero-order chi connectivity index (χ0) is 10.9. The fourth-order valence-electron chi connectivity index (χ4n) is 0.762. The van der Waals surface area contributed by atoms with Crippen LogP contribution in [0.25, 0.3) is 0 Å². The molecule has 0 radical (unpaired) electrons. The minimum Gasteiger partial charge on any atom is -0.330 e. The molecule has 5 nitrogen and oxygen atoms in total. The smallest absolute Gasteiger partial charge is 0.330 e. The minimum atomic E-state index is -2.88. The van der Waals surface area contributed by atoms with E-state index in [2.05, 4.69) is 5.32 Å². The van der Waals surface area contributed by atoms with Gasteiger partial charge in [-0.05, 0) is 30.9 Å². The number of nitrogens with two attached hydrogens (primary N) is 1. The van der Waals surface area contributed by atoms with Crippen molar-refractivity contribution in [1.82, 2.24) is 5.32 Å². The first-order valence-electron chi connectivity index (χ1n) is 4.45. The highest BCUT2D eigenvalue weighted by Gasteiger charge is 2.20. The molecule has 0 atom stereocenters. The van der Waals surface area contributed by atoms with Gasteiger partial charge in [-0.2, -0.15) is 0 Å². The van der Waals surface area contributed by atoms with Gasteiger partial charge in [0.1, 0.15) is 0 Å². The minimum absolute atomic E-state index is 0.689. The van der Waals surface area contributed by atoms with Crippen LogP contribution < -0.4 is 11.1 Å². The Bertz CT molecular complexity index is 174.